The first-order valence-corrected chi connectivity index (χ1v) is 6.67. The van der Waals surface area contributed by atoms with Crippen molar-refractivity contribution in [2.24, 2.45) is 0 Å². The van der Waals surface area contributed by atoms with Gasteiger partial charge >= 0.3 is 0 Å². The van der Waals surface area contributed by atoms with Crippen molar-refractivity contribution in [2.75, 3.05) is 11.9 Å². The number of nitrogens with one attached hydrogen (secondary N) is 2. The van der Waals surface area contributed by atoms with Crippen molar-refractivity contribution in [1.29, 1.82) is 0 Å². The molecule has 1 aromatic heterocycles. The maximum Gasteiger partial charge on any atom is 0.256 e. The lowest BCUT2D eigenvalue weighted by atomic mass is 10.1. The van der Waals surface area contributed by atoms with Crippen LogP contribution in [-0.4, -0.2) is 16.5 Å². The van der Waals surface area contributed by atoms with Crippen molar-refractivity contribution in [3.05, 3.63) is 69.1 Å². The number of anilines is 1. The van der Waals surface area contributed by atoms with Gasteiger partial charge in [-0.2, -0.15) is 0 Å². The van der Waals surface area contributed by atoms with E-state index in [4.69, 9.17) is 11.6 Å². The van der Waals surface area contributed by atoms with Gasteiger partial charge in [0, 0.05) is 23.6 Å². The van der Waals surface area contributed by atoms with Crippen LogP contribution in [0.15, 0.2) is 41.7 Å². The third-order valence-electron chi connectivity index (χ3n) is 2.93. The number of hydrogen-bond acceptors (Lipinski definition) is 3. The smallest absolute Gasteiger partial charge is 0.256 e. The second-order valence-electron chi connectivity index (χ2n) is 4.45. The van der Waals surface area contributed by atoms with Gasteiger partial charge in [0.1, 0.15) is 0 Å². The van der Waals surface area contributed by atoms with Crippen LogP contribution < -0.4 is 10.9 Å². The Morgan fingerprint density at radius 2 is 2.10 bits per heavy atom. The molecule has 5 heteroatoms. The lowest BCUT2D eigenvalue weighted by Crippen LogP contribution is -2.19. The SMILES string of the molecule is C=CCNc1nc(C)c(Cc2ccc(Cl)cc2)c(=O)[nH]1. The van der Waals surface area contributed by atoms with E-state index < -0.39 is 0 Å². The standard InChI is InChI=1S/C15H16ClN3O/c1-3-8-17-15-18-10(2)13(14(20)19-15)9-11-4-6-12(16)7-5-11/h3-7H,1,8-9H2,2H3,(H2,17,18,19,20). The number of aromatic amines is 1. The largest absolute Gasteiger partial charge is 0.352 e. The maximum absolute atomic E-state index is 12.1. The molecule has 2 aromatic rings. The van der Waals surface area contributed by atoms with Crippen molar-refractivity contribution in [3.63, 3.8) is 0 Å². The summed E-state index contributed by atoms with van der Waals surface area (Å²) < 4.78 is 0. The van der Waals surface area contributed by atoms with Crippen molar-refractivity contribution >= 4 is 17.5 Å². The summed E-state index contributed by atoms with van der Waals surface area (Å²) in [6.07, 6.45) is 2.24. The van der Waals surface area contributed by atoms with E-state index in [2.05, 4.69) is 21.9 Å². The summed E-state index contributed by atoms with van der Waals surface area (Å²) in [4.78, 5) is 19.2. The number of nitrogens with zero attached hydrogens (tertiary/aromatic N) is 1. The van der Waals surface area contributed by atoms with Gasteiger partial charge in [-0.25, -0.2) is 4.98 Å². The number of H-pyrrole nitrogens is 1. The zero-order chi connectivity index (χ0) is 14.5. The summed E-state index contributed by atoms with van der Waals surface area (Å²) in [5.41, 5.74) is 2.28. The minimum absolute atomic E-state index is 0.126. The molecule has 2 N–H and O–H groups in total. The highest BCUT2D eigenvalue weighted by atomic mass is 35.5. The first kappa shape index (κ1) is 14.3. The van der Waals surface area contributed by atoms with Gasteiger partial charge in [0.05, 0.1) is 5.69 Å². The quantitative estimate of drug-likeness (QED) is 0.832. The molecule has 0 aliphatic heterocycles. The van der Waals surface area contributed by atoms with Crippen LogP contribution in [-0.2, 0) is 6.42 Å². The molecule has 0 atom stereocenters. The van der Waals surface area contributed by atoms with Gasteiger partial charge in [-0.05, 0) is 24.6 Å². The van der Waals surface area contributed by atoms with Gasteiger partial charge in [0.2, 0.25) is 5.95 Å². The first-order chi connectivity index (χ1) is 9.60. The second kappa shape index (κ2) is 6.39. The molecule has 1 heterocycles. The molecule has 0 amide bonds. The van der Waals surface area contributed by atoms with Crippen LogP contribution in [0.25, 0.3) is 0 Å². The van der Waals surface area contributed by atoms with E-state index in [0.717, 1.165) is 11.3 Å². The van der Waals surface area contributed by atoms with Crippen molar-refractivity contribution in [1.82, 2.24) is 9.97 Å². The van der Waals surface area contributed by atoms with Gasteiger partial charge in [-0.1, -0.05) is 29.8 Å². The molecule has 0 bridgehead atoms. The third kappa shape index (κ3) is 3.48. The maximum atomic E-state index is 12.1. The van der Waals surface area contributed by atoms with Gasteiger partial charge in [-0.15, -0.1) is 6.58 Å². The predicted octanol–water partition coefficient (Wildman–Crippen LogP) is 2.92. The summed E-state index contributed by atoms with van der Waals surface area (Å²) in [6, 6.07) is 7.44. The van der Waals surface area contributed by atoms with E-state index in [1.165, 1.54) is 0 Å². The van der Waals surface area contributed by atoms with Gasteiger partial charge < -0.3 is 5.32 Å². The molecular formula is C15H16ClN3O. The van der Waals surface area contributed by atoms with Crippen LogP contribution in [0.1, 0.15) is 16.8 Å². The Kier molecular flexibility index (Phi) is 4.58. The summed E-state index contributed by atoms with van der Waals surface area (Å²) in [6.45, 7) is 6.00. The van der Waals surface area contributed by atoms with Gasteiger partial charge in [0.25, 0.3) is 5.56 Å². The van der Waals surface area contributed by atoms with Crippen LogP contribution in [0, 0.1) is 6.92 Å². The fourth-order valence-corrected chi connectivity index (χ4v) is 2.00. The average Bonchev–Trinajstić information content (AvgIpc) is 2.42. The highest BCUT2D eigenvalue weighted by Gasteiger charge is 2.08. The van der Waals surface area contributed by atoms with Crippen LogP contribution in [0.4, 0.5) is 5.95 Å². The number of aryl methyl sites for hydroxylation is 1. The molecule has 0 saturated carbocycles. The zero-order valence-corrected chi connectivity index (χ0v) is 12.0. The number of hydrogen-bond donors (Lipinski definition) is 2. The molecule has 20 heavy (non-hydrogen) atoms. The minimum Gasteiger partial charge on any atom is -0.352 e. The Balaban J connectivity index is 2.26. The average molecular weight is 290 g/mol. The van der Waals surface area contributed by atoms with E-state index in [1.54, 1.807) is 6.08 Å². The molecule has 0 aliphatic rings. The number of halogens is 1. The van der Waals surface area contributed by atoms with E-state index in [1.807, 2.05) is 31.2 Å². The Morgan fingerprint density at radius 1 is 1.40 bits per heavy atom. The fraction of sp³-hybridized carbons (Fsp3) is 0.200. The molecule has 0 spiro atoms. The molecule has 0 fully saturated rings. The molecular weight excluding hydrogens is 274 g/mol. The number of rotatable bonds is 5. The normalized spacial score (nSPS) is 10.3. The van der Waals surface area contributed by atoms with E-state index >= 15 is 0 Å². The van der Waals surface area contributed by atoms with Crippen molar-refractivity contribution in [2.45, 2.75) is 13.3 Å². The number of benzene rings is 1. The molecule has 1 aromatic carbocycles. The Bertz CT molecular complexity index is 662. The third-order valence-corrected chi connectivity index (χ3v) is 3.18. The highest BCUT2D eigenvalue weighted by Crippen LogP contribution is 2.13. The Labute approximate surface area is 122 Å². The van der Waals surface area contributed by atoms with Gasteiger partial charge in [0.15, 0.2) is 0 Å². The molecule has 0 radical (unpaired) electrons. The number of aromatic nitrogens is 2. The zero-order valence-electron chi connectivity index (χ0n) is 11.2. The van der Waals surface area contributed by atoms with Crippen molar-refractivity contribution in [3.8, 4) is 0 Å². The summed E-state index contributed by atoms with van der Waals surface area (Å²) in [7, 11) is 0. The Morgan fingerprint density at radius 3 is 2.70 bits per heavy atom. The summed E-state index contributed by atoms with van der Waals surface area (Å²) in [5.74, 6) is 0.465. The fourth-order valence-electron chi connectivity index (χ4n) is 1.88. The minimum atomic E-state index is -0.126. The van der Waals surface area contributed by atoms with E-state index in [9.17, 15) is 4.79 Å². The van der Waals surface area contributed by atoms with Crippen molar-refractivity contribution < 1.29 is 0 Å². The predicted molar refractivity (Wildman–Crippen MR) is 82.5 cm³/mol. The van der Waals surface area contributed by atoms with E-state index in [0.29, 0.717) is 29.5 Å². The molecule has 104 valence electrons. The molecule has 0 saturated heterocycles. The van der Waals surface area contributed by atoms with Crippen LogP contribution in [0.2, 0.25) is 5.02 Å². The van der Waals surface area contributed by atoms with Crippen LogP contribution in [0.3, 0.4) is 0 Å². The first-order valence-electron chi connectivity index (χ1n) is 6.29. The van der Waals surface area contributed by atoms with Crippen LogP contribution >= 0.6 is 11.6 Å². The monoisotopic (exact) mass is 289 g/mol. The molecule has 0 aliphatic carbocycles. The van der Waals surface area contributed by atoms with E-state index in [-0.39, 0.29) is 5.56 Å². The lowest BCUT2D eigenvalue weighted by Gasteiger charge is -2.08. The summed E-state index contributed by atoms with van der Waals surface area (Å²) >= 11 is 5.85. The Hall–Kier alpha value is -2.07. The van der Waals surface area contributed by atoms with Crippen LogP contribution in [0.5, 0.6) is 0 Å². The molecule has 2 rings (SSSR count). The topological polar surface area (TPSA) is 57.8 Å². The highest BCUT2D eigenvalue weighted by molar-refractivity contribution is 6.30. The lowest BCUT2D eigenvalue weighted by molar-refractivity contribution is 0.974. The second-order valence-corrected chi connectivity index (χ2v) is 4.89. The molecule has 4 nitrogen and oxygen atoms in total. The van der Waals surface area contributed by atoms with Gasteiger partial charge in [-0.3, -0.25) is 9.78 Å². The molecule has 0 unspecified atom stereocenters. The summed E-state index contributed by atoms with van der Waals surface area (Å²) in [5, 5.41) is 3.65.